The molecule has 0 amide bonds. The molecule has 2 nitrogen and oxygen atoms in total. The molecule has 20 heavy (non-hydrogen) atoms. The summed E-state index contributed by atoms with van der Waals surface area (Å²) in [7, 11) is 0. The lowest BCUT2D eigenvalue weighted by molar-refractivity contribution is 0.0696. The second-order valence-corrected chi connectivity index (χ2v) is 6.16. The van der Waals surface area contributed by atoms with Crippen LogP contribution in [-0.2, 0) is 5.41 Å². The van der Waals surface area contributed by atoms with Crippen LogP contribution < -0.4 is 0 Å². The molecule has 0 unspecified atom stereocenters. The summed E-state index contributed by atoms with van der Waals surface area (Å²) >= 11 is 0. The zero-order valence-corrected chi connectivity index (χ0v) is 12.4. The Hall–Kier alpha value is -2.09. The van der Waals surface area contributed by atoms with E-state index in [0.29, 0.717) is 5.56 Å². The van der Waals surface area contributed by atoms with Gasteiger partial charge in [0.2, 0.25) is 0 Å². The first kappa shape index (κ1) is 14.3. The molecule has 104 valence electrons. The summed E-state index contributed by atoms with van der Waals surface area (Å²) in [5, 5.41) is 9.05. The van der Waals surface area contributed by atoms with Gasteiger partial charge in [0, 0.05) is 0 Å². The molecular formula is C18H20O2. The minimum Gasteiger partial charge on any atom is -0.478 e. The van der Waals surface area contributed by atoms with Crippen molar-refractivity contribution >= 4 is 5.97 Å². The van der Waals surface area contributed by atoms with Gasteiger partial charge in [0.05, 0.1) is 5.56 Å². The van der Waals surface area contributed by atoms with Gasteiger partial charge in [-0.15, -0.1) is 0 Å². The van der Waals surface area contributed by atoms with E-state index in [1.807, 2.05) is 19.1 Å². The summed E-state index contributed by atoms with van der Waals surface area (Å²) in [4.78, 5) is 11.0. The Morgan fingerprint density at radius 2 is 1.50 bits per heavy atom. The molecule has 0 spiro atoms. The zero-order chi connectivity index (χ0) is 14.9. The molecule has 0 saturated heterocycles. The molecule has 2 aromatic rings. The molecule has 0 radical (unpaired) electrons. The number of benzene rings is 2. The van der Waals surface area contributed by atoms with Gasteiger partial charge in [-0.25, -0.2) is 4.79 Å². The molecule has 2 heteroatoms. The van der Waals surface area contributed by atoms with Gasteiger partial charge in [-0.1, -0.05) is 57.2 Å². The smallest absolute Gasteiger partial charge is 0.335 e. The van der Waals surface area contributed by atoms with E-state index in [1.165, 1.54) is 5.56 Å². The monoisotopic (exact) mass is 268 g/mol. The van der Waals surface area contributed by atoms with Crippen molar-refractivity contribution in [1.29, 1.82) is 0 Å². The molecule has 2 rings (SSSR count). The fraction of sp³-hybridized carbons (Fsp3) is 0.278. The van der Waals surface area contributed by atoms with Gasteiger partial charge < -0.3 is 5.11 Å². The molecule has 0 aliphatic carbocycles. The van der Waals surface area contributed by atoms with Crippen LogP contribution in [0.4, 0.5) is 0 Å². The summed E-state index contributed by atoms with van der Waals surface area (Å²) < 4.78 is 0. The van der Waals surface area contributed by atoms with Crippen LogP contribution in [0.25, 0.3) is 11.1 Å². The third-order valence-corrected chi connectivity index (χ3v) is 3.54. The number of carboxylic acids is 1. The SMILES string of the molecule is Cc1cc(-c2ccc(C(C)(C)C)cc2)ccc1C(=O)O. The average Bonchev–Trinajstić information content (AvgIpc) is 2.37. The lowest BCUT2D eigenvalue weighted by Crippen LogP contribution is -2.10. The molecule has 2 aromatic carbocycles. The lowest BCUT2D eigenvalue weighted by Gasteiger charge is -2.19. The van der Waals surface area contributed by atoms with Crippen LogP contribution in [0, 0.1) is 6.92 Å². The van der Waals surface area contributed by atoms with Gasteiger partial charge in [0.25, 0.3) is 0 Å². The number of hydrogen-bond donors (Lipinski definition) is 1. The normalized spacial score (nSPS) is 11.4. The molecule has 0 fully saturated rings. The quantitative estimate of drug-likeness (QED) is 0.860. The first-order valence-corrected chi connectivity index (χ1v) is 6.74. The van der Waals surface area contributed by atoms with E-state index < -0.39 is 5.97 Å². The number of carboxylic acid groups (broad SMARTS) is 1. The first-order valence-electron chi connectivity index (χ1n) is 6.74. The van der Waals surface area contributed by atoms with Crippen molar-refractivity contribution in [1.82, 2.24) is 0 Å². The van der Waals surface area contributed by atoms with Crippen molar-refractivity contribution in [3.8, 4) is 11.1 Å². The highest BCUT2D eigenvalue weighted by Crippen LogP contribution is 2.27. The Bertz CT molecular complexity index is 631. The first-order chi connectivity index (χ1) is 9.29. The second-order valence-electron chi connectivity index (χ2n) is 6.16. The van der Waals surface area contributed by atoms with E-state index in [0.717, 1.165) is 16.7 Å². The second kappa shape index (κ2) is 5.12. The van der Waals surface area contributed by atoms with Crippen molar-refractivity contribution < 1.29 is 9.90 Å². The van der Waals surface area contributed by atoms with E-state index in [1.54, 1.807) is 6.07 Å². The van der Waals surface area contributed by atoms with Gasteiger partial charge in [0.1, 0.15) is 0 Å². The molecular weight excluding hydrogens is 248 g/mol. The van der Waals surface area contributed by atoms with E-state index in [9.17, 15) is 4.79 Å². The molecule has 0 atom stereocenters. The fourth-order valence-electron chi connectivity index (χ4n) is 2.25. The van der Waals surface area contributed by atoms with E-state index in [2.05, 4.69) is 45.0 Å². The van der Waals surface area contributed by atoms with Gasteiger partial charge in [-0.3, -0.25) is 0 Å². The number of aromatic carboxylic acids is 1. The molecule has 0 heterocycles. The number of aryl methyl sites for hydroxylation is 1. The summed E-state index contributed by atoms with van der Waals surface area (Å²) in [6.45, 7) is 8.39. The molecule has 0 bridgehead atoms. The summed E-state index contributed by atoms with van der Waals surface area (Å²) in [5.74, 6) is -0.878. The maximum Gasteiger partial charge on any atom is 0.335 e. The van der Waals surface area contributed by atoms with Crippen molar-refractivity contribution in [3.05, 3.63) is 59.2 Å². The van der Waals surface area contributed by atoms with Crippen molar-refractivity contribution in [2.24, 2.45) is 0 Å². The highest BCUT2D eigenvalue weighted by Gasteiger charge is 2.13. The van der Waals surface area contributed by atoms with Crippen molar-refractivity contribution in [2.45, 2.75) is 33.1 Å². The van der Waals surface area contributed by atoms with Crippen LogP contribution in [0.5, 0.6) is 0 Å². The zero-order valence-electron chi connectivity index (χ0n) is 12.4. The lowest BCUT2D eigenvalue weighted by atomic mass is 9.86. The Kier molecular flexibility index (Phi) is 3.67. The van der Waals surface area contributed by atoms with Crippen LogP contribution >= 0.6 is 0 Å². The molecule has 1 N–H and O–H groups in total. The van der Waals surface area contributed by atoms with Crippen LogP contribution in [0.2, 0.25) is 0 Å². The molecule has 0 aromatic heterocycles. The average molecular weight is 268 g/mol. The summed E-state index contributed by atoms with van der Waals surface area (Å²) in [6.07, 6.45) is 0. The molecule has 0 saturated carbocycles. The van der Waals surface area contributed by atoms with Crippen LogP contribution in [0.1, 0.15) is 42.3 Å². The largest absolute Gasteiger partial charge is 0.478 e. The van der Waals surface area contributed by atoms with Crippen LogP contribution in [0.15, 0.2) is 42.5 Å². The van der Waals surface area contributed by atoms with E-state index >= 15 is 0 Å². The van der Waals surface area contributed by atoms with Gasteiger partial charge >= 0.3 is 5.97 Å². The number of rotatable bonds is 2. The van der Waals surface area contributed by atoms with E-state index in [-0.39, 0.29) is 5.41 Å². The Morgan fingerprint density at radius 3 is 1.95 bits per heavy atom. The minimum atomic E-state index is -0.878. The third-order valence-electron chi connectivity index (χ3n) is 3.54. The Labute approximate surface area is 120 Å². The maximum atomic E-state index is 11.0. The number of carbonyl (C=O) groups is 1. The highest BCUT2D eigenvalue weighted by molar-refractivity contribution is 5.90. The maximum absolute atomic E-state index is 11.0. The topological polar surface area (TPSA) is 37.3 Å². The van der Waals surface area contributed by atoms with Crippen molar-refractivity contribution in [2.75, 3.05) is 0 Å². The number of hydrogen-bond acceptors (Lipinski definition) is 1. The van der Waals surface area contributed by atoms with E-state index in [4.69, 9.17) is 5.11 Å². The standard InChI is InChI=1S/C18H20O2/c1-12-11-14(7-10-16(12)17(19)20)13-5-8-15(9-6-13)18(2,3)4/h5-11H,1-4H3,(H,19,20). The Morgan fingerprint density at radius 1 is 0.950 bits per heavy atom. The summed E-state index contributed by atoms with van der Waals surface area (Å²) in [6, 6.07) is 13.9. The molecule has 0 aliphatic rings. The highest BCUT2D eigenvalue weighted by atomic mass is 16.4. The fourth-order valence-corrected chi connectivity index (χ4v) is 2.25. The van der Waals surface area contributed by atoms with Gasteiger partial charge in [-0.05, 0) is 40.7 Å². The minimum absolute atomic E-state index is 0.140. The molecule has 0 aliphatic heterocycles. The summed E-state index contributed by atoms with van der Waals surface area (Å²) in [5.41, 5.74) is 4.74. The van der Waals surface area contributed by atoms with Crippen molar-refractivity contribution in [3.63, 3.8) is 0 Å². The predicted molar refractivity (Wildman–Crippen MR) is 82.3 cm³/mol. The van der Waals surface area contributed by atoms with Crippen LogP contribution in [-0.4, -0.2) is 11.1 Å². The van der Waals surface area contributed by atoms with Crippen LogP contribution in [0.3, 0.4) is 0 Å². The Balaban J connectivity index is 2.37. The van der Waals surface area contributed by atoms with Gasteiger partial charge in [0.15, 0.2) is 0 Å². The van der Waals surface area contributed by atoms with Gasteiger partial charge in [-0.2, -0.15) is 0 Å². The predicted octanol–water partition coefficient (Wildman–Crippen LogP) is 4.66. The third kappa shape index (κ3) is 2.90.